The number of aliphatic carboxylic acids is 1. The molecule has 4 nitrogen and oxygen atoms in total. The van der Waals surface area contributed by atoms with Crippen LogP contribution >= 0.6 is 15.9 Å². The van der Waals surface area contributed by atoms with Crippen molar-refractivity contribution in [2.24, 2.45) is 0 Å². The maximum atomic E-state index is 11.2. The number of halogens is 1. The van der Waals surface area contributed by atoms with Crippen LogP contribution in [0.2, 0.25) is 0 Å². The summed E-state index contributed by atoms with van der Waals surface area (Å²) in [7, 11) is 0. The minimum atomic E-state index is -1.43. The Morgan fingerprint density at radius 3 is 2.70 bits per heavy atom. The van der Waals surface area contributed by atoms with Gasteiger partial charge in [-0.1, -0.05) is 46.3 Å². The van der Waals surface area contributed by atoms with Gasteiger partial charge in [-0.05, 0) is 23.8 Å². The van der Waals surface area contributed by atoms with Crippen LogP contribution in [0.4, 0.5) is 0 Å². The van der Waals surface area contributed by atoms with Gasteiger partial charge < -0.3 is 14.9 Å². The number of fused-ring (bicyclic) bond motifs is 1. The van der Waals surface area contributed by atoms with E-state index in [9.17, 15) is 15.0 Å². The van der Waals surface area contributed by atoms with Crippen LogP contribution in [-0.4, -0.2) is 22.3 Å². The van der Waals surface area contributed by atoms with E-state index >= 15 is 0 Å². The SMILES string of the molecule is O=C(O)C[C@]1(O)CC(Cc2ccccc2)Oc2ccc(Br)cc21. The number of aliphatic hydroxyl groups is 1. The zero-order valence-electron chi connectivity index (χ0n) is 12.4. The van der Waals surface area contributed by atoms with Gasteiger partial charge in [0.2, 0.25) is 0 Å². The van der Waals surface area contributed by atoms with Crippen LogP contribution in [0.1, 0.15) is 24.0 Å². The number of hydrogen-bond acceptors (Lipinski definition) is 3. The Kier molecular flexibility index (Phi) is 4.41. The van der Waals surface area contributed by atoms with E-state index in [0.29, 0.717) is 17.7 Å². The third-order valence-corrected chi connectivity index (χ3v) is 4.55. The monoisotopic (exact) mass is 376 g/mol. The maximum Gasteiger partial charge on any atom is 0.306 e. The second kappa shape index (κ2) is 6.34. The normalized spacial score (nSPS) is 23.0. The summed E-state index contributed by atoms with van der Waals surface area (Å²) in [6.45, 7) is 0. The quantitative estimate of drug-likeness (QED) is 0.856. The molecular weight excluding hydrogens is 360 g/mol. The van der Waals surface area contributed by atoms with Crippen molar-refractivity contribution in [1.82, 2.24) is 0 Å². The minimum absolute atomic E-state index is 0.248. The molecule has 23 heavy (non-hydrogen) atoms. The predicted octanol–water partition coefficient (Wildman–Crippen LogP) is 3.51. The molecule has 1 aliphatic rings. The lowest BCUT2D eigenvalue weighted by molar-refractivity contribution is -0.145. The number of hydrogen-bond donors (Lipinski definition) is 2. The maximum absolute atomic E-state index is 11.2. The first-order valence-corrected chi connectivity index (χ1v) is 8.20. The van der Waals surface area contributed by atoms with Crippen LogP contribution in [0, 0.1) is 0 Å². The summed E-state index contributed by atoms with van der Waals surface area (Å²) in [4.78, 5) is 11.2. The molecule has 2 N–H and O–H groups in total. The Morgan fingerprint density at radius 1 is 1.26 bits per heavy atom. The Labute approximate surface area is 142 Å². The lowest BCUT2D eigenvalue weighted by Gasteiger charge is -2.38. The summed E-state index contributed by atoms with van der Waals surface area (Å²) in [5, 5.41) is 20.2. The fraction of sp³-hybridized carbons (Fsp3) is 0.278. The van der Waals surface area contributed by atoms with E-state index in [1.54, 1.807) is 12.1 Å². The van der Waals surface area contributed by atoms with Crippen LogP contribution < -0.4 is 4.74 Å². The number of ether oxygens (including phenoxy) is 1. The molecule has 2 aromatic carbocycles. The topological polar surface area (TPSA) is 66.8 Å². The summed E-state index contributed by atoms with van der Waals surface area (Å²) < 4.78 is 6.78. The molecule has 0 saturated carbocycles. The predicted molar refractivity (Wildman–Crippen MR) is 89.5 cm³/mol. The summed E-state index contributed by atoms with van der Waals surface area (Å²) in [6, 6.07) is 15.2. The smallest absolute Gasteiger partial charge is 0.306 e. The van der Waals surface area contributed by atoms with Crippen molar-refractivity contribution < 1.29 is 19.7 Å². The van der Waals surface area contributed by atoms with Gasteiger partial charge in [0.05, 0.1) is 6.42 Å². The molecule has 0 aromatic heterocycles. The number of carbonyl (C=O) groups is 1. The van der Waals surface area contributed by atoms with Gasteiger partial charge in [0, 0.05) is 22.9 Å². The van der Waals surface area contributed by atoms with Crippen molar-refractivity contribution in [3.63, 3.8) is 0 Å². The van der Waals surface area contributed by atoms with Gasteiger partial charge in [-0.25, -0.2) is 0 Å². The van der Waals surface area contributed by atoms with Gasteiger partial charge >= 0.3 is 5.97 Å². The first kappa shape index (κ1) is 16.0. The Hall–Kier alpha value is -1.85. The lowest BCUT2D eigenvalue weighted by atomic mass is 9.81. The molecule has 1 aliphatic heterocycles. The highest BCUT2D eigenvalue weighted by Gasteiger charge is 2.42. The van der Waals surface area contributed by atoms with E-state index in [1.165, 1.54) is 0 Å². The fourth-order valence-corrected chi connectivity index (χ4v) is 3.45. The first-order chi connectivity index (χ1) is 11.0. The number of carboxylic acid groups (broad SMARTS) is 1. The van der Waals surface area contributed by atoms with Crippen LogP contribution in [0.25, 0.3) is 0 Å². The van der Waals surface area contributed by atoms with Gasteiger partial charge in [0.1, 0.15) is 17.5 Å². The van der Waals surface area contributed by atoms with Crippen molar-refractivity contribution >= 4 is 21.9 Å². The third kappa shape index (κ3) is 3.57. The van der Waals surface area contributed by atoms with Crippen molar-refractivity contribution in [3.8, 4) is 5.75 Å². The molecule has 0 spiro atoms. The minimum Gasteiger partial charge on any atom is -0.490 e. The van der Waals surface area contributed by atoms with Crippen molar-refractivity contribution in [2.45, 2.75) is 31.0 Å². The molecule has 1 unspecified atom stereocenters. The zero-order chi connectivity index (χ0) is 16.4. The van der Waals surface area contributed by atoms with Crippen LogP contribution in [-0.2, 0) is 16.8 Å². The number of carboxylic acids is 1. The molecule has 120 valence electrons. The summed E-state index contributed by atoms with van der Waals surface area (Å²) >= 11 is 3.36. The lowest BCUT2D eigenvalue weighted by Crippen LogP contribution is -2.41. The molecule has 2 aromatic rings. The summed E-state index contributed by atoms with van der Waals surface area (Å²) in [5.41, 5.74) is 0.192. The highest BCUT2D eigenvalue weighted by atomic mass is 79.9. The van der Waals surface area contributed by atoms with Crippen LogP contribution in [0.15, 0.2) is 53.0 Å². The van der Waals surface area contributed by atoms with E-state index in [2.05, 4.69) is 15.9 Å². The molecular formula is C18H17BrO4. The second-order valence-electron chi connectivity index (χ2n) is 5.88. The van der Waals surface area contributed by atoms with E-state index in [4.69, 9.17) is 4.74 Å². The van der Waals surface area contributed by atoms with Gasteiger partial charge in [-0.3, -0.25) is 4.79 Å². The third-order valence-electron chi connectivity index (χ3n) is 4.05. The summed E-state index contributed by atoms with van der Waals surface area (Å²) in [5.74, 6) is -0.483. The molecule has 0 amide bonds. The Bertz CT molecular complexity index is 716. The average Bonchev–Trinajstić information content (AvgIpc) is 2.48. The molecule has 0 fully saturated rings. The van der Waals surface area contributed by atoms with Crippen molar-refractivity contribution in [2.75, 3.05) is 0 Å². The van der Waals surface area contributed by atoms with Gasteiger partial charge in [-0.15, -0.1) is 0 Å². The summed E-state index contributed by atoms with van der Waals surface area (Å²) in [6.07, 6.45) is 0.261. The van der Waals surface area contributed by atoms with Crippen molar-refractivity contribution in [1.29, 1.82) is 0 Å². The largest absolute Gasteiger partial charge is 0.490 e. The molecule has 1 heterocycles. The van der Waals surface area contributed by atoms with Gasteiger partial charge in [0.15, 0.2) is 0 Å². The molecule has 0 radical (unpaired) electrons. The Balaban J connectivity index is 1.93. The van der Waals surface area contributed by atoms with Crippen LogP contribution in [0.5, 0.6) is 5.75 Å². The zero-order valence-corrected chi connectivity index (χ0v) is 14.0. The molecule has 2 atom stereocenters. The van der Waals surface area contributed by atoms with Crippen molar-refractivity contribution in [3.05, 3.63) is 64.1 Å². The standard InChI is InChI=1S/C18H17BrO4/c19-13-6-7-16-15(9-13)18(22,11-17(20)21)10-14(23-16)8-12-4-2-1-3-5-12/h1-7,9,14,22H,8,10-11H2,(H,20,21)/t14?,18-/m1/s1. The van der Waals surface area contributed by atoms with E-state index in [0.717, 1.165) is 10.0 Å². The fourth-order valence-electron chi connectivity index (χ4n) is 3.08. The highest BCUT2D eigenvalue weighted by Crippen LogP contribution is 2.43. The first-order valence-electron chi connectivity index (χ1n) is 7.41. The average molecular weight is 377 g/mol. The van der Waals surface area contributed by atoms with E-state index in [1.807, 2.05) is 36.4 Å². The van der Waals surface area contributed by atoms with Gasteiger partial charge in [0.25, 0.3) is 0 Å². The number of benzene rings is 2. The highest BCUT2D eigenvalue weighted by molar-refractivity contribution is 9.10. The second-order valence-corrected chi connectivity index (χ2v) is 6.79. The molecule has 3 rings (SSSR count). The van der Waals surface area contributed by atoms with E-state index < -0.39 is 11.6 Å². The molecule has 0 saturated heterocycles. The molecule has 0 bridgehead atoms. The van der Waals surface area contributed by atoms with E-state index in [-0.39, 0.29) is 18.9 Å². The molecule has 5 heteroatoms. The number of rotatable bonds is 4. The van der Waals surface area contributed by atoms with Crippen LogP contribution in [0.3, 0.4) is 0 Å². The Morgan fingerprint density at radius 2 is 2.00 bits per heavy atom. The molecule has 0 aliphatic carbocycles. The van der Waals surface area contributed by atoms with Gasteiger partial charge in [-0.2, -0.15) is 0 Å².